The molecule has 0 fully saturated rings. The molecule has 0 spiro atoms. The van der Waals surface area contributed by atoms with Crippen LogP contribution in [0.4, 0.5) is 5.69 Å². The molecule has 1 unspecified atom stereocenters. The van der Waals surface area contributed by atoms with Crippen LogP contribution in [0.2, 0.25) is 0 Å². The van der Waals surface area contributed by atoms with Crippen LogP contribution in [0.5, 0.6) is 0 Å². The first-order chi connectivity index (χ1) is 15.3. The van der Waals surface area contributed by atoms with Crippen LogP contribution in [0.3, 0.4) is 0 Å². The Kier molecular flexibility index (Phi) is 5.46. The lowest BCUT2D eigenvalue weighted by Gasteiger charge is -2.27. The van der Waals surface area contributed by atoms with Gasteiger partial charge in [-0.15, -0.1) is 0 Å². The SMILES string of the molecule is NC(CC(=O)O)(C(=O)OCC1c2ccccc2-c2ccccc21)c1cccc([N+](=O)[O-])c1. The number of nitro benzene ring substituents is 1. The number of rotatable bonds is 7. The maximum absolute atomic E-state index is 13.1. The van der Waals surface area contributed by atoms with E-state index >= 15 is 0 Å². The Bertz CT molecular complexity index is 1180. The van der Waals surface area contributed by atoms with E-state index in [0.29, 0.717) is 0 Å². The highest BCUT2D eigenvalue weighted by molar-refractivity contribution is 5.88. The summed E-state index contributed by atoms with van der Waals surface area (Å²) in [7, 11) is 0. The number of carboxylic acids is 1. The predicted octanol–water partition coefficient (Wildman–Crippen LogP) is 3.58. The average Bonchev–Trinajstić information content (AvgIpc) is 3.10. The van der Waals surface area contributed by atoms with Gasteiger partial charge in [-0.2, -0.15) is 0 Å². The molecule has 0 amide bonds. The van der Waals surface area contributed by atoms with Gasteiger partial charge in [0.15, 0.2) is 5.54 Å². The van der Waals surface area contributed by atoms with Crippen molar-refractivity contribution < 1.29 is 24.4 Å². The third-order valence-electron chi connectivity index (χ3n) is 5.71. The highest BCUT2D eigenvalue weighted by Gasteiger charge is 2.42. The standard InChI is InChI=1S/C24H20N2O6/c25-24(13-22(27)28,15-6-5-7-16(12-15)26(30)31)23(29)32-14-21-19-10-3-1-8-17(19)18-9-2-4-11-20(18)21/h1-12,21H,13-14,25H2,(H,27,28). The van der Waals surface area contributed by atoms with Gasteiger partial charge in [-0.1, -0.05) is 60.7 Å². The van der Waals surface area contributed by atoms with E-state index in [0.717, 1.165) is 28.3 Å². The molecule has 4 rings (SSSR count). The summed E-state index contributed by atoms with van der Waals surface area (Å²) in [6.45, 7) is -0.0413. The first-order valence-electron chi connectivity index (χ1n) is 9.92. The molecule has 3 aromatic carbocycles. The predicted molar refractivity (Wildman–Crippen MR) is 116 cm³/mol. The molecular formula is C24H20N2O6. The largest absolute Gasteiger partial charge is 0.481 e. The summed E-state index contributed by atoms with van der Waals surface area (Å²) in [6.07, 6.45) is -0.773. The summed E-state index contributed by atoms with van der Waals surface area (Å²) >= 11 is 0. The minimum absolute atomic E-state index is 0.00585. The van der Waals surface area contributed by atoms with Crippen molar-refractivity contribution >= 4 is 17.6 Å². The number of carbonyl (C=O) groups excluding carboxylic acids is 1. The number of nitro groups is 1. The number of hydrogen-bond donors (Lipinski definition) is 2. The molecule has 3 aromatic rings. The fraction of sp³-hybridized carbons (Fsp3) is 0.167. The number of ether oxygens (including phenoxy) is 1. The Labute approximate surface area is 183 Å². The second-order valence-corrected chi connectivity index (χ2v) is 7.67. The molecule has 32 heavy (non-hydrogen) atoms. The van der Waals surface area contributed by atoms with Crippen LogP contribution in [-0.2, 0) is 19.9 Å². The van der Waals surface area contributed by atoms with Gasteiger partial charge in [0.05, 0.1) is 11.3 Å². The Morgan fingerprint density at radius 3 is 2.16 bits per heavy atom. The summed E-state index contributed by atoms with van der Waals surface area (Å²) in [6, 6.07) is 20.7. The number of nitrogens with two attached hydrogens (primary N) is 1. The number of carbonyl (C=O) groups is 2. The lowest BCUT2D eigenvalue weighted by atomic mass is 9.87. The van der Waals surface area contributed by atoms with Gasteiger partial charge in [0, 0.05) is 18.1 Å². The van der Waals surface area contributed by atoms with Crippen molar-refractivity contribution in [2.75, 3.05) is 6.61 Å². The average molecular weight is 432 g/mol. The molecule has 0 aliphatic heterocycles. The lowest BCUT2D eigenvalue weighted by Crippen LogP contribution is -2.48. The molecule has 1 aliphatic rings. The maximum Gasteiger partial charge on any atom is 0.331 e. The molecular weight excluding hydrogens is 412 g/mol. The molecule has 3 N–H and O–H groups in total. The zero-order chi connectivity index (χ0) is 22.9. The molecule has 0 heterocycles. The first-order valence-corrected chi connectivity index (χ1v) is 9.92. The van der Waals surface area contributed by atoms with Crippen LogP contribution in [0, 0.1) is 10.1 Å². The van der Waals surface area contributed by atoms with E-state index in [1.807, 2.05) is 48.5 Å². The van der Waals surface area contributed by atoms with Gasteiger partial charge in [0.25, 0.3) is 5.69 Å². The van der Waals surface area contributed by atoms with E-state index in [4.69, 9.17) is 10.5 Å². The van der Waals surface area contributed by atoms with Crippen molar-refractivity contribution in [2.45, 2.75) is 17.9 Å². The van der Waals surface area contributed by atoms with E-state index in [1.165, 1.54) is 18.2 Å². The van der Waals surface area contributed by atoms with Crippen molar-refractivity contribution in [3.05, 3.63) is 99.6 Å². The van der Waals surface area contributed by atoms with Crippen molar-refractivity contribution in [1.29, 1.82) is 0 Å². The molecule has 1 atom stereocenters. The molecule has 1 aliphatic carbocycles. The van der Waals surface area contributed by atoms with E-state index < -0.39 is 28.8 Å². The second kappa shape index (κ2) is 8.24. The maximum atomic E-state index is 13.1. The highest BCUT2D eigenvalue weighted by atomic mass is 16.6. The Hall–Kier alpha value is -4.04. The first kappa shape index (κ1) is 21.2. The quantitative estimate of drug-likeness (QED) is 0.331. The summed E-state index contributed by atoms with van der Waals surface area (Å²) in [4.78, 5) is 35.1. The zero-order valence-electron chi connectivity index (χ0n) is 16.9. The number of hydrogen-bond acceptors (Lipinski definition) is 6. The van der Waals surface area contributed by atoms with Crippen molar-refractivity contribution in [1.82, 2.24) is 0 Å². The third-order valence-corrected chi connectivity index (χ3v) is 5.71. The van der Waals surface area contributed by atoms with E-state index in [1.54, 1.807) is 0 Å². The van der Waals surface area contributed by atoms with Crippen LogP contribution in [0.15, 0.2) is 72.8 Å². The number of benzene rings is 3. The number of non-ortho nitro benzene ring substituents is 1. The van der Waals surface area contributed by atoms with Crippen molar-refractivity contribution in [3.63, 3.8) is 0 Å². The van der Waals surface area contributed by atoms with Gasteiger partial charge >= 0.3 is 11.9 Å². The van der Waals surface area contributed by atoms with Gasteiger partial charge in [-0.3, -0.25) is 14.9 Å². The summed E-state index contributed by atoms with van der Waals surface area (Å²) < 4.78 is 5.56. The summed E-state index contributed by atoms with van der Waals surface area (Å²) in [5.41, 5.74) is 7.96. The van der Waals surface area contributed by atoms with Crippen molar-refractivity contribution in [2.24, 2.45) is 5.73 Å². The van der Waals surface area contributed by atoms with E-state index in [-0.39, 0.29) is 23.8 Å². The summed E-state index contributed by atoms with van der Waals surface area (Å²) in [5, 5.41) is 20.5. The van der Waals surface area contributed by atoms with Crippen molar-refractivity contribution in [3.8, 4) is 11.1 Å². The van der Waals surface area contributed by atoms with E-state index in [9.17, 15) is 24.8 Å². The summed E-state index contributed by atoms with van der Waals surface area (Å²) in [5.74, 6) is -2.51. The minimum atomic E-state index is -2.07. The number of nitrogens with zero attached hydrogens (tertiary/aromatic N) is 1. The molecule has 162 valence electrons. The van der Waals surface area contributed by atoms with Crippen LogP contribution >= 0.6 is 0 Å². The van der Waals surface area contributed by atoms with Gasteiger partial charge in [0.1, 0.15) is 6.61 Å². The molecule has 8 heteroatoms. The number of esters is 1. The van der Waals surface area contributed by atoms with Crippen LogP contribution in [0.1, 0.15) is 29.0 Å². The van der Waals surface area contributed by atoms with Crippen LogP contribution in [-0.4, -0.2) is 28.6 Å². The Morgan fingerprint density at radius 1 is 1.00 bits per heavy atom. The van der Waals surface area contributed by atoms with E-state index in [2.05, 4.69) is 0 Å². The Balaban J connectivity index is 1.63. The van der Waals surface area contributed by atoms with Gasteiger partial charge in [-0.05, 0) is 27.8 Å². The molecule has 0 aromatic heterocycles. The molecule has 8 nitrogen and oxygen atoms in total. The van der Waals surface area contributed by atoms with Crippen LogP contribution < -0.4 is 5.73 Å². The lowest BCUT2D eigenvalue weighted by molar-refractivity contribution is -0.385. The number of carboxylic acid groups (broad SMARTS) is 1. The molecule has 0 saturated carbocycles. The zero-order valence-corrected chi connectivity index (χ0v) is 16.9. The highest BCUT2D eigenvalue weighted by Crippen LogP contribution is 2.44. The fourth-order valence-electron chi connectivity index (χ4n) is 4.15. The topological polar surface area (TPSA) is 133 Å². The van der Waals surface area contributed by atoms with Crippen LogP contribution in [0.25, 0.3) is 11.1 Å². The second-order valence-electron chi connectivity index (χ2n) is 7.67. The third kappa shape index (κ3) is 3.72. The van der Waals surface area contributed by atoms with Gasteiger partial charge in [0.2, 0.25) is 0 Å². The monoisotopic (exact) mass is 432 g/mol. The van der Waals surface area contributed by atoms with Gasteiger partial charge < -0.3 is 15.6 Å². The number of aliphatic carboxylic acids is 1. The normalized spacial score (nSPS) is 14.2. The number of fused-ring (bicyclic) bond motifs is 3. The molecule has 0 saturated heterocycles. The molecule has 0 radical (unpaired) electrons. The molecule has 0 bridgehead atoms. The Morgan fingerprint density at radius 2 is 1.59 bits per heavy atom. The van der Waals surface area contributed by atoms with Gasteiger partial charge in [-0.25, -0.2) is 4.79 Å². The minimum Gasteiger partial charge on any atom is -0.481 e. The fourth-order valence-corrected chi connectivity index (χ4v) is 4.15. The smallest absolute Gasteiger partial charge is 0.331 e.